The van der Waals surface area contributed by atoms with Gasteiger partial charge in [-0.05, 0) is 39.7 Å². The van der Waals surface area contributed by atoms with Crippen molar-refractivity contribution in [2.24, 2.45) is 0 Å². The fourth-order valence-corrected chi connectivity index (χ4v) is 2.19. The van der Waals surface area contributed by atoms with Crippen LogP contribution in [0.15, 0.2) is 28.1 Å². The summed E-state index contributed by atoms with van der Waals surface area (Å²) in [5, 5.41) is 1.66. The van der Waals surface area contributed by atoms with Crippen molar-refractivity contribution < 1.29 is 19.0 Å². The standard InChI is InChI=1S/C11H9BrO4S/c1-17-5-8(12)11(13)16-7-2-3-9-10(4-7)15-6-14-9/h2-5H,6H2,1H3/b8-5-. The Morgan fingerprint density at radius 1 is 1.47 bits per heavy atom. The molecule has 1 aliphatic rings. The molecular weight excluding hydrogens is 308 g/mol. The molecule has 0 N–H and O–H groups in total. The minimum atomic E-state index is -0.446. The molecule has 2 rings (SSSR count). The smallest absolute Gasteiger partial charge is 0.351 e. The van der Waals surface area contributed by atoms with Gasteiger partial charge in [0.2, 0.25) is 6.79 Å². The summed E-state index contributed by atoms with van der Waals surface area (Å²) in [5.74, 6) is 1.22. The van der Waals surface area contributed by atoms with Crippen LogP contribution < -0.4 is 14.2 Å². The third-order valence-corrected chi connectivity index (χ3v) is 3.30. The molecule has 0 spiro atoms. The lowest BCUT2D eigenvalue weighted by Gasteiger charge is -2.04. The minimum absolute atomic E-state index is 0.197. The third-order valence-electron chi connectivity index (χ3n) is 1.97. The van der Waals surface area contributed by atoms with Crippen LogP contribution in [-0.4, -0.2) is 19.0 Å². The first-order valence-electron chi connectivity index (χ1n) is 4.71. The second kappa shape index (κ2) is 5.46. The molecule has 1 aromatic carbocycles. The van der Waals surface area contributed by atoms with Gasteiger partial charge in [0.05, 0.1) is 0 Å². The Hall–Kier alpha value is -1.14. The van der Waals surface area contributed by atoms with Gasteiger partial charge in [-0.15, -0.1) is 11.8 Å². The molecule has 4 nitrogen and oxygen atoms in total. The van der Waals surface area contributed by atoms with Crippen molar-refractivity contribution in [3.8, 4) is 17.2 Å². The number of ether oxygens (including phenoxy) is 3. The van der Waals surface area contributed by atoms with E-state index in [4.69, 9.17) is 14.2 Å². The summed E-state index contributed by atoms with van der Waals surface area (Å²) in [5.41, 5.74) is 0. The summed E-state index contributed by atoms with van der Waals surface area (Å²) in [6.07, 6.45) is 1.86. The number of hydrogen-bond donors (Lipinski definition) is 0. The van der Waals surface area contributed by atoms with E-state index in [1.807, 2.05) is 6.26 Å². The number of esters is 1. The van der Waals surface area contributed by atoms with E-state index in [1.165, 1.54) is 11.8 Å². The van der Waals surface area contributed by atoms with Gasteiger partial charge in [-0.1, -0.05) is 0 Å². The van der Waals surface area contributed by atoms with Crippen molar-refractivity contribution in [1.29, 1.82) is 0 Å². The highest BCUT2D eigenvalue weighted by atomic mass is 79.9. The van der Waals surface area contributed by atoms with Crippen LogP contribution in [0.1, 0.15) is 0 Å². The van der Waals surface area contributed by atoms with Crippen LogP contribution in [0.25, 0.3) is 0 Å². The highest BCUT2D eigenvalue weighted by Gasteiger charge is 2.16. The van der Waals surface area contributed by atoms with Crippen LogP contribution in [0.3, 0.4) is 0 Å². The van der Waals surface area contributed by atoms with E-state index in [0.29, 0.717) is 21.7 Å². The first kappa shape index (κ1) is 12.3. The van der Waals surface area contributed by atoms with Gasteiger partial charge in [0.1, 0.15) is 10.2 Å². The van der Waals surface area contributed by atoms with Gasteiger partial charge in [-0.25, -0.2) is 4.79 Å². The second-order valence-electron chi connectivity index (χ2n) is 3.11. The molecule has 90 valence electrons. The van der Waals surface area contributed by atoms with E-state index in [-0.39, 0.29) is 6.79 Å². The Labute approximate surface area is 111 Å². The quantitative estimate of drug-likeness (QED) is 0.487. The largest absolute Gasteiger partial charge is 0.454 e. The van der Waals surface area contributed by atoms with E-state index in [0.717, 1.165) is 0 Å². The first-order chi connectivity index (χ1) is 8.20. The van der Waals surface area contributed by atoms with Crippen LogP contribution in [0.5, 0.6) is 17.2 Å². The van der Waals surface area contributed by atoms with Crippen LogP contribution in [0.4, 0.5) is 0 Å². The number of benzene rings is 1. The lowest BCUT2D eigenvalue weighted by Crippen LogP contribution is -2.07. The number of carbonyl (C=O) groups is 1. The lowest BCUT2D eigenvalue weighted by molar-refractivity contribution is -0.129. The summed E-state index contributed by atoms with van der Waals surface area (Å²) in [6, 6.07) is 4.99. The summed E-state index contributed by atoms with van der Waals surface area (Å²) < 4.78 is 15.9. The monoisotopic (exact) mass is 316 g/mol. The zero-order valence-electron chi connectivity index (χ0n) is 8.94. The Kier molecular flexibility index (Phi) is 3.96. The van der Waals surface area contributed by atoms with Crippen molar-refractivity contribution in [3.63, 3.8) is 0 Å². The molecule has 1 aliphatic heterocycles. The molecule has 0 unspecified atom stereocenters. The first-order valence-corrected chi connectivity index (χ1v) is 6.79. The molecule has 0 aliphatic carbocycles. The third kappa shape index (κ3) is 2.95. The van der Waals surface area contributed by atoms with Gasteiger partial charge in [0.25, 0.3) is 0 Å². The van der Waals surface area contributed by atoms with Gasteiger partial charge in [0.15, 0.2) is 11.5 Å². The summed E-state index contributed by atoms with van der Waals surface area (Å²) >= 11 is 4.55. The Bertz CT molecular complexity index is 473. The van der Waals surface area contributed by atoms with Crippen molar-refractivity contribution >= 4 is 33.7 Å². The minimum Gasteiger partial charge on any atom is -0.454 e. The fraction of sp³-hybridized carbons (Fsp3) is 0.182. The number of hydrogen-bond acceptors (Lipinski definition) is 5. The van der Waals surface area contributed by atoms with E-state index in [1.54, 1.807) is 23.6 Å². The lowest BCUT2D eigenvalue weighted by atomic mass is 10.3. The molecule has 0 atom stereocenters. The summed E-state index contributed by atoms with van der Waals surface area (Å²) in [4.78, 5) is 11.6. The molecule has 17 heavy (non-hydrogen) atoms. The van der Waals surface area contributed by atoms with Gasteiger partial charge < -0.3 is 14.2 Å². The highest BCUT2D eigenvalue weighted by Crippen LogP contribution is 2.35. The van der Waals surface area contributed by atoms with Gasteiger partial charge >= 0.3 is 5.97 Å². The molecule has 0 saturated heterocycles. The van der Waals surface area contributed by atoms with E-state index in [9.17, 15) is 4.79 Å². The van der Waals surface area contributed by atoms with Gasteiger partial charge in [-0.3, -0.25) is 0 Å². The van der Waals surface area contributed by atoms with Crippen LogP contribution in [0, 0.1) is 0 Å². The van der Waals surface area contributed by atoms with Gasteiger partial charge in [-0.2, -0.15) is 0 Å². The molecular formula is C11H9BrO4S. The molecule has 0 radical (unpaired) electrons. The number of carbonyl (C=O) groups excluding carboxylic acids is 1. The molecule has 1 heterocycles. The van der Waals surface area contributed by atoms with Crippen molar-refractivity contribution in [2.75, 3.05) is 13.0 Å². The Balaban J connectivity index is 2.09. The topological polar surface area (TPSA) is 44.8 Å². The predicted octanol–water partition coefficient (Wildman–Crippen LogP) is 2.92. The average molecular weight is 317 g/mol. The van der Waals surface area contributed by atoms with Crippen LogP contribution >= 0.6 is 27.7 Å². The van der Waals surface area contributed by atoms with Crippen molar-refractivity contribution in [1.82, 2.24) is 0 Å². The average Bonchev–Trinajstić information content (AvgIpc) is 2.76. The van der Waals surface area contributed by atoms with Crippen LogP contribution in [0.2, 0.25) is 0 Å². The Morgan fingerprint density at radius 2 is 2.24 bits per heavy atom. The molecule has 0 fully saturated rings. The predicted molar refractivity (Wildman–Crippen MR) is 68.7 cm³/mol. The molecule has 0 saturated carbocycles. The maximum atomic E-state index is 11.6. The SMILES string of the molecule is CS/C=C(\Br)C(=O)Oc1ccc2c(c1)OCO2. The van der Waals surface area contributed by atoms with E-state index in [2.05, 4.69) is 15.9 Å². The van der Waals surface area contributed by atoms with Crippen molar-refractivity contribution in [3.05, 3.63) is 28.1 Å². The van der Waals surface area contributed by atoms with Crippen LogP contribution in [-0.2, 0) is 4.79 Å². The normalized spacial score (nSPS) is 13.6. The number of thioether (sulfide) groups is 1. The number of fused-ring (bicyclic) bond motifs is 1. The molecule has 1 aromatic rings. The second-order valence-corrected chi connectivity index (χ2v) is 4.67. The molecule has 6 heteroatoms. The highest BCUT2D eigenvalue weighted by molar-refractivity contribution is 9.12. The molecule has 0 aromatic heterocycles. The maximum Gasteiger partial charge on any atom is 0.351 e. The van der Waals surface area contributed by atoms with Gasteiger partial charge in [0, 0.05) is 6.07 Å². The zero-order chi connectivity index (χ0) is 12.3. The summed E-state index contributed by atoms with van der Waals surface area (Å²) in [6.45, 7) is 0.197. The Morgan fingerprint density at radius 3 is 3.00 bits per heavy atom. The van der Waals surface area contributed by atoms with E-state index < -0.39 is 5.97 Å². The van der Waals surface area contributed by atoms with E-state index >= 15 is 0 Å². The number of rotatable bonds is 3. The van der Waals surface area contributed by atoms with Crippen molar-refractivity contribution in [2.45, 2.75) is 0 Å². The summed E-state index contributed by atoms with van der Waals surface area (Å²) in [7, 11) is 0. The molecule has 0 bridgehead atoms. The molecule has 0 amide bonds. The maximum absolute atomic E-state index is 11.6. The zero-order valence-corrected chi connectivity index (χ0v) is 11.3. The fourth-order valence-electron chi connectivity index (χ4n) is 1.25. The number of halogens is 1.